The molecule has 1 aromatic carbocycles. The summed E-state index contributed by atoms with van der Waals surface area (Å²) >= 11 is 0. The van der Waals surface area contributed by atoms with Crippen molar-refractivity contribution in [3.63, 3.8) is 0 Å². The normalized spacial score (nSPS) is 19.3. The molecule has 1 amide bonds. The van der Waals surface area contributed by atoms with Crippen LogP contribution in [0.15, 0.2) is 24.3 Å². The number of methoxy groups -OCH3 is 1. The van der Waals surface area contributed by atoms with Crippen molar-refractivity contribution in [3.05, 3.63) is 41.2 Å². The minimum atomic E-state index is 0.211. The van der Waals surface area contributed by atoms with Crippen molar-refractivity contribution < 1.29 is 9.53 Å². The predicted molar refractivity (Wildman–Crippen MR) is 130 cm³/mol. The van der Waals surface area contributed by atoms with Gasteiger partial charge >= 0.3 is 0 Å². The summed E-state index contributed by atoms with van der Waals surface area (Å²) in [6.07, 6.45) is 10.2. The van der Waals surface area contributed by atoms with E-state index >= 15 is 0 Å². The predicted octanol–water partition coefficient (Wildman–Crippen LogP) is 4.72. The van der Waals surface area contributed by atoms with Crippen LogP contribution in [0.3, 0.4) is 0 Å². The molecule has 0 bridgehead atoms. The van der Waals surface area contributed by atoms with E-state index in [0.717, 1.165) is 75.3 Å². The molecule has 0 radical (unpaired) electrons. The molecule has 1 aliphatic heterocycles. The van der Waals surface area contributed by atoms with Gasteiger partial charge in [-0.2, -0.15) is 5.10 Å². The summed E-state index contributed by atoms with van der Waals surface area (Å²) in [4.78, 5) is 18.3. The van der Waals surface area contributed by atoms with E-state index in [0.29, 0.717) is 18.5 Å². The first-order chi connectivity index (χ1) is 16.2. The molecule has 0 saturated heterocycles. The molecule has 2 heterocycles. The Morgan fingerprint density at radius 1 is 1.15 bits per heavy atom. The third-order valence-corrected chi connectivity index (χ3v) is 7.62. The van der Waals surface area contributed by atoms with Gasteiger partial charge in [-0.05, 0) is 50.8 Å². The number of benzene rings is 1. The molecule has 0 N–H and O–H groups in total. The molecular weight excluding hydrogens is 412 g/mol. The first-order valence-corrected chi connectivity index (χ1v) is 13.0. The van der Waals surface area contributed by atoms with Gasteiger partial charge in [0.05, 0.1) is 25.0 Å². The number of amides is 1. The third-order valence-electron chi connectivity index (χ3n) is 7.62. The van der Waals surface area contributed by atoms with Crippen LogP contribution in [0.25, 0.3) is 5.69 Å². The van der Waals surface area contributed by atoms with Gasteiger partial charge in [-0.3, -0.25) is 9.69 Å². The second-order valence-electron chi connectivity index (χ2n) is 10.0. The number of nitrogens with zero attached hydrogens (tertiary/aromatic N) is 4. The minimum Gasteiger partial charge on any atom is -0.494 e. The van der Waals surface area contributed by atoms with Crippen LogP contribution < -0.4 is 4.74 Å². The summed E-state index contributed by atoms with van der Waals surface area (Å²) in [5.74, 6) is 1.42. The molecule has 5 rings (SSSR count). The Kier molecular flexibility index (Phi) is 6.72. The van der Waals surface area contributed by atoms with Gasteiger partial charge in [0.2, 0.25) is 5.91 Å². The van der Waals surface area contributed by atoms with Crippen LogP contribution >= 0.6 is 0 Å². The largest absolute Gasteiger partial charge is 0.494 e. The van der Waals surface area contributed by atoms with E-state index in [-0.39, 0.29) is 5.92 Å². The maximum atomic E-state index is 13.6. The molecule has 6 heteroatoms. The standard InChI is InChI=1S/C27H38N4O2/c1-3-16-29-17-15-24-22(18-29)23(28-31(24)25-11-7-8-12-26(25)33-2)19-30(21-13-14-21)27(32)20-9-5-4-6-10-20/h7-8,11-12,20-21H,3-6,9-10,13-19H2,1-2H3. The third kappa shape index (κ3) is 4.68. The van der Waals surface area contributed by atoms with Crippen molar-refractivity contribution in [2.24, 2.45) is 5.92 Å². The highest BCUT2D eigenvalue weighted by atomic mass is 16.5. The monoisotopic (exact) mass is 450 g/mol. The van der Waals surface area contributed by atoms with Crippen molar-refractivity contribution >= 4 is 5.91 Å². The van der Waals surface area contributed by atoms with Gasteiger partial charge in [0, 0.05) is 37.0 Å². The number of hydrogen-bond acceptors (Lipinski definition) is 4. The number of para-hydroxylation sites is 2. The van der Waals surface area contributed by atoms with E-state index in [1.165, 1.54) is 30.5 Å². The highest BCUT2D eigenvalue weighted by Crippen LogP contribution is 2.35. The average Bonchev–Trinajstić information content (AvgIpc) is 3.64. The second-order valence-corrected chi connectivity index (χ2v) is 10.0. The van der Waals surface area contributed by atoms with E-state index in [9.17, 15) is 4.79 Å². The maximum Gasteiger partial charge on any atom is 0.226 e. The van der Waals surface area contributed by atoms with Gasteiger partial charge in [-0.15, -0.1) is 0 Å². The molecule has 1 aromatic heterocycles. The molecule has 3 aliphatic rings. The molecule has 2 saturated carbocycles. The van der Waals surface area contributed by atoms with Gasteiger partial charge in [-0.25, -0.2) is 4.68 Å². The van der Waals surface area contributed by atoms with Crippen molar-refractivity contribution in [2.45, 2.75) is 83.8 Å². The summed E-state index contributed by atoms with van der Waals surface area (Å²) in [5, 5.41) is 5.16. The Labute approximate surface area is 197 Å². The second kappa shape index (κ2) is 9.88. The van der Waals surface area contributed by atoms with E-state index in [4.69, 9.17) is 9.84 Å². The summed E-state index contributed by atoms with van der Waals surface area (Å²) in [7, 11) is 1.72. The van der Waals surface area contributed by atoms with Crippen LogP contribution in [0.5, 0.6) is 5.75 Å². The molecule has 33 heavy (non-hydrogen) atoms. The van der Waals surface area contributed by atoms with Crippen LogP contribution in [-0.2, 0) is 24.3 Å². The zero-order chi connectivity index (χ0) is 22.8. The Balaban J connectivity index is 1.49. The van der Waals surface area contributed by atoms with Crippen molar-refractivity contribution in [3.8, 4) is 11.4 Å². The molecule has 2 fully saturated rings. The maximum absolute atomic E-state index is 13.6. The smallest absolute Gasteiger partial charge is 0.226 e. The number of rotatable bonds is 8. The van der Waals surface area contributed by atoms with E-state index in [2.05, 4.69) is 27.5 Å². The van der Waals surface area contributed by atoms with Gasteiger partial charge < -0.3 is 9.64 Å². The lowest BCUT2D eigenvalue weighted by molar-refractivity contribution is -0.137. The van der Waals surface area contributed by atoms with Crippen LogP contribution in [0.1, 0.15) is 75.2 Å². The lowest BCUT2D eigenvalue weighted by Crippen LogP contribution is -2.39. The van der Waals surface area contributed by atoms with Crippen molar-refractivity contribution in [1.82, 2.24) is 19.6 Å². The Morgan fingerprint density at radius 2 is 1.94 bits per heavy atom. The topological polar surface area (TPSA) is 50.6 Å². The first-order valence-electron chi connectivity index (χ1n) is 13.0. The van der Waals surface area contributed by atoms with E-state index < -0.39 is 0 Å². The highest BCUT2D eigenvalue weighted by molar-refractivity contribution is 5.79. The number of ether oxygens (including phenoxy) is 1. The summed E-state index contributed by atoms with van der Waals surface area (Å²) in [6, 6.07) is 8.53. The number of carbonyl (C=O) groups is 1. The number of aromatic nitrogens is 2. The summed E-state index contributed by atoms with van der Waals surface area (Å²) < 4.78 is 7.77. The van der Waals surface area contributed by atoms with Gasteiger partial charge in [0.25, 0.3) is 0 Å². The lowest BCUT2D eigenvalue weighted by atomic mass is 9.88. The molecule has 178 valence electrons. The van der Waals surface area contributed by atoms with Crippen molar-refractivity contribution in [2.75, 3.05) is 20.2 Å². The molecule has 6 nitrogen and oxygen atoms in total. The lowest BCUT2D eigenvalue weighted by Gasteiger charge is -2.30. The van der Waals surface area contributed by atoms with Crippen LogP contribution in [0.2, 0.25) is 0 Å². The Morgan fingerprint density at radius 3 is 2.67 bits per heavy atom. The van der Waals surface area contributed by atoms with Crippen LogP contribution in [-0.4, -0.2) is 51.7 Å². The van der Waals surface area contributed by atoms with Crippen LogP contribution in [0, 0.1) is 5.92 Å². The molecule has 2 aliphatic carbocycles. The zero-order valence-electron chi connectivity index (χ0n) is 20.3. The van der Waals surface area contributed by atoms with Gasteiger partial charge in [0.1, 0.15) is 11.4 Å². The minimum absolute atomic E-state index is 0.211. The zero-order valence-corrected chi connectivity index (χ0v) is 20.3. The highest BCUT2D eigenvalue weighted by Gasteiger charge is 2.38. The summed E-state index contributed by atoms with van der Waals surface area (Å²) in [5.41, 5.74) is 4.67. The summed E-state index contributed by atoms with van der Waals surface area (Å²) in [6.45, 7) is 5.96. The molecule has 0 unspecified atom stereocenters. The van der Waals surface area contributed by atoms with E-state index in [1.807, 2.05) is 18.2 Å². The quantitative estimate of drug-likeness (QED) is 0.584. The molecule has 0 spiro atoms. The van der Waals surface area contributed by atoms with Crippen LogP contribution in [0.4, 0.5) is 0 Å². The fourth-order valence-electron chi connectivity index (χ4n) is 5.70. The number of carbonyl (C=O) groups excluding carboxylic acids is 1. The average molecular weight is 451 g/mol. The van der Waals surface area contributed by atoms with Gasteiger partial charge in [0.15, 0.2) is 0 Å². The molecule has 2 aromatic rings. The Bertz CT molecular complexity index is 974. The fourth-order valence-corrected chi connectivity index (χ4v) is 5.70. The van der Waals surface area contributed by atoms with Gasteiger partial charge in [-0.1, -0.05) is 38.3 Å². The fraction of sp³-hybridized carbons (Fsp3) is 0.630. The Hall–Kier alpha value is -2.34. The molecule has 0 atom stereocenters. The SMILES string of the molecule is CCCN1CCc2c(c(CN(C(=O)C3CCCCC3)C3CC3)nn2-c2ccccc2OC)C1. The number of hydrogen-bond donors (Lipinski definition) is 0. The number of fused-ring (bicyclic) bond motifs is 1. The van der Waals surface area contributed by atoms with Crippen molar-refractivity contribution in [1.29, 1.82) is 0 Å². The first kappa shape index (κ1) is 22.5. The van der Waals surface area contributed by atoms with E-state index in [1.54, 1.807) is 7.11 Å². The molecular formula is C27H38N4O2.